The molecule has 0 amide bonds. The highest BCUT2D eigenvalue weighted by Crippen LogP contribution is 2.24. The molecule has 0 aliphatic heterocycles. The molecule has 4 nitrogen and oxygen atoms in total. The molecule has 3 rings (SSSR count). The summed E-state index contributed by atoms with van der Waals surface area (Å²) in [5.74, 6) is 0. The fraction of sp³-hybridized carbons (Fsp3) is 0.200. The van der Waals surface area contributed by atoms with Gasteiger partial charge in [0.2, 0.25) is 0 Å². The van der Waals surface area contributed by atoms with E-state index in [1.54, 1.807) is 6.20 Å². The minimum atomic E-state index is 0.675. The van der Waals surface area contributed by atoms with Crippen LogP contribution in [0.25, 0.3) is 10.9 Å². The molecule has 3 aromatic rings. The summed E-state index contributed by atoms with van der Waals surface area (Å²) in [7, 11) is 0. The third-order valence-electron chi connectivity index (χ3n) is 4.13. The van der Waals surface area contributed by atoms with Gasteiger partial charge in [0.15, 0.2) is 0 Å². The highest BCUT2D eigenvalue weighted by atomic mass is 35.5. The van der Waals surface area contributed by atoms with Crippen LogP contribution in [0.15, 0.2) is 59.8 Å². The van der Waals surface area contributed by atoms with Gasteiger partial charge in [-0.2, -0.15) is 5.10 Å². The molecule has 0 atom stereocenters. The van der Waals surface area contributed by atoms with Crippen LogP contribution in [0.3, 0.4) is 0 Å². The maximum Gasteiger partial charge on any atom is 0.0738 e. The van der Waals surface area contributed by atoms with Crippen LogP contribution in [0, 0.1) is 0 Å². The van der Waals surface area contributed by atoms with Crippen molar-refractivity contribution in [1.29, 1.82) is 0 Å². The fourth-order valence-corrected chi connectivity index (χ4v) is 2.92. The first-order valence-electron chi connectivity index (χ1n) is 8.39. The fourth-order valence-electron chi connectivity index (χ4n) is 2.76. The first-order valence-corrected chi connectivity index (χ1v) is 8.77. The van der Waals surface area contributed by atoms with Crippen molar-refractivity contribution < 1.29 is 0 Å². The molecule has 0 saturated carbocycles. The lowest BCUT2D eigenvalue weighted by Gasteiger charge is -2.20. The zero-order valence-electron chi connectivity index (χ0n) is 14.4. The van der Waals surface area contributed by atoms with E-state index in [1.807, 2.05) is 30.5 Å². The molecule has 25 heavy (non-hydrogen) atoms. The number of halogens is 1. The van der Waals surface area contributed by atoms with Crippen LogP contribution in [0.1, 0.15) is 19.4 Å². The predicted molar refractivity (Wildman–Crippen MR) is 108 cm³/mol. The minimum absolute atomic E-state index is 0.675. The standard InChI is InChI=1S/C20H21ClN4/c1-3-25(4-2)17-8-5-15(6-9-17)14-23-24-19-11-12-22-20-13-16(21)7-10-18(19)20/h5-14H,3-4H2,1-2H3,(H,22,24)/b23-14-. The lowest BCUT2D eigenvalue weighted by molar-refractivity contribution is 0.866. The average molecular weight is 353 g/mol. The van der Waals surface area contributed by atoms with E-state index in [0.717, 1.165) is 35.2 Å². The van der Waals surface area contributed by atoms with Crippen molar-refractivity contribution in [2.45, 2.75) is 13.8 Å². The van der Waals surface area contributed by atoms with Gasteiger partial charge in [-0.1, -0.05) is 23.7 Å². The van der Waals surface area contributed by atoms with E-state index in [1.165, 1.54) is 5.69 Å². The molecule has 128 valence electrons. The van der Waals surface area contributed by atoms with E-state index in [0.29, 0.717) is 5.02 Å². The largest absolute Gasteiger partial charge is 0.372 e. The van der Waals surface area contributed by atoms with Crippen molar-refractivity contribution in [3.05, 3.63) is 65.3 Å². The van der Waals surface area contributed by atoms with Crippen LogP contribution < -0.4 is 10.3 Å². The third-order valence-corrected chi connectivity index (χ3v) is 4.36. The number of nitrogens with one attached hydrogen (secondary N) is 1. The second-order valence-electron chi connectivity index (χ2n) is 5.65. The normalized spacial score (nSPS) is 11.2. The van der Waals surface area contributed by atoms with Gasteiger partial charge in [-0.25, -0.2) is 0 Å². The number of hydrogen-bond donors (Lipinski definition) is 1. The van der Waals surface area contributed by atoms with Gasteiger partial charge in [-0.3, -0.25) is 10.4 Å². The highest BCUT2D eigenvalue weighted by molar-refractivity contribution is 6.31. The van der Waals surface area contributed by atoms with Crippen LogP contribution in [0.5, 0.6) is 0 Å². The second-order valence-corrected chi connectivity index (χ2v) is 6.09. The molecule has 0 fully saturated rings. The molecule has 0 aliphatic carbocycles. The number of pyridine rings is 1. The Morgan fingerprint density at radius 2 is 1.84 bits per heavy atom. The quantitative estimate of drug-likeness (QED) is 0.491. The van der Waals surface area contributed by atoms with Gasteiger partial charge in [0.25, 0.3) is 0 Å². The number of benzene rings is 2. The Kier molecular flexibility index (Phi) is 5.51. The highest BCUT2D eigenvalue weighted by Gasteiger charge is 2.02. The minimum Gasteiger partial charge on any atom is -0.372 e. The van der Waals surface area contributed by atoms with Crippen LogP contribution >= 0.6 is 11.6 Å². The molecular formula is C20H21ClN4. The molecular weight excluding hydrogens is 332 g/mol. The van der Waals surface area contributed by atoms with Crippen molar-refractivity contribution in [2.24, 2.45) is 5.10 Å². The summed E-state index contributed by atoms with van der Waals surface area (Å²) >= 11 is 6.02. The number of aromatic nitrogens is 1. The van der Waals surface area contributed by atoms with E-state index in [9.17, 15) is 0 Å². The van der Waals surface area contributed by atoms with E-state index >= 15 is 0 Å². The van der Waals surface area contributed by atoms with Gasteiger partial charge < -0.3 is 4.90 Å². The van der Waals surface area contributed by atoms with Gasteiger partial charge >= 0.3 is 0 Å². The molecule has 1 aromatic heterocycles. The molecule has 0 saturated heterocycles. The Morgan fingerprint density at radius 1 is 1.08 bits per heavy atom. The van der Waals surface area contributed by atoms with Gasteiger partial charge in [-0.05, 0) is 55.8 Å². The van der Waals surface area contributed by atoms with E-state index < -0.39 is 0 Å². The van der Waals surface area contributed by atoms with Crippen LogP contribution in [-0.4, -0.2) is 24.3 Å². The van der Waals surface area contributed by atoms with Gasteiger partial charge in [-0.15, -0.1) is 0 Å². The molecule has 2 aromatic carbocycles. The number of fused-ring (bicyclic) bond motifs is 1. The molecule has 0 bridgehead atoms. The number of anilines is 2. The molecule has 0 unspecified atom stereocenters. The zero-order valence-corrected chi connectivity index (χ0v) is 15.2. The van der Waals surface area contributed by atoms with E-state index in [-0.39, 0.29) is 0 Å². The van der Waals surface area contributed by atoms with Gasteiger partial charge in [0.05, 0.1) is 17.4 Å². The van der Waals surface area contributed by atoms with Crippen molar-refractivity contribution in [1.82, 2.24) is 4.98 Å². The zero-order chi connectivity index (χ0) is 17.6. The summed E-state index contributed by atoms with van der Waals surface area (Å²) in [4.78, 5) is 6.64. The Bertz CT molecular complexity index is 871. The van der Waals surface area contributed by atoms with Gasteiger partial charge in [0.1, 0.15) is 0 Å². The maximum atomic E-state index is 6.02. The summed E-state index contributed by atoms with van der Waals surface area (Å²) in [6.07, 6.45) is 3.56. The topological polar surface area (TPSA) is 40.5 Å². The second kappa shape index (κ2) is 7.99. The van der Waals surface area contributed by atoms with Crippen molar-refractivity contribution in [3.63, 3.8) is 0 Å². The van der Waals surface area contributed by atoms with Crippen LogP contribution in [-0.2, 0) is 0 Å². The average Bonchev–Trinajstić information content (AvgIpc) is 2.64. The summed E-state index contributed by atoms with van der Waals surface area (Å²) in [6.45, 7) is 6.33. The van der Waals surface area contributed by atoms with Crippen molar-refractivity contribution in [3.8, 4) is 0 Å². The summed E-state index contributed by atoms with van der Waals surface area (Å²) in [6, 6.07) is 15.9. The van der Waals surface area contributed by atoms with Crippen LogP contribution in [0.4, 0.5) is 11.4 Å². The predicted octanol–water partition coefficient (Wildman–Crippen LogP) is 5.18. The summed E-state index contributed by atoms with van der Waals surface area (Å²) in [5.41, 5.74) is 7.11. The molecule has 5 heteroatoms. The molecule has 1 heterocycles. The lowest BCUT2D eigenvalue weighted by atomic mass is 10.2. The van der Waals surface area contributed by atoms with Crippen molar-refractivity contribution in [2.75, 3.05) is 23.4 Å². The maximum absolute atomic E-state index is 6.02. The Morgan fingerprint density at radius 3 is 2.56 bits per heavy atom. The Labute approximate surface area is 153 Å². The van der Waals surface area contributed by atoms with Gasteiger partial charge in [0, 0.05) is 35.4 Å². The van der Waals surface area contributed by atoms with Crippen molar-refractivity contribution >= 4 is 40.1 Å². The lowest BCUT2D eigenvalue weighted by Crippen LogP contribution is -2.21. The van der Waals surface area contributed by atoms with Crippen LogP contribution in [0.2, 0.25) is 5.02 Å². The molecule has 1 N–H and O–H groups in total. The molecule has 0 aliphatic rings. The number of nitrogens with zero attached hydrogens (tertiary/aromatic N) is 3. The monoisotopic (exact) mass is 352 g/mol. The first-order chi connectivity index (χ1) is 12.2. The Balaban J connectivity index is 1.73. The number of rotatable bonds is 6. The van der Waals surface area contributed by atoms with E-state index in [2.05, 4.69) is 58.5 Å². The van der Waals surface area contributed by atoms with E-state index in [4.69, 9.17) is 11.6 Å². The summed E-state index contributed by atoms with van der Waals surface area (Å²) in [5, 5.41) is 6.01. The molecule has 0 radical (unpaired) electrons. The first kappa shape index (κ1) is 17.2. The SMILES string of the molecule is CCN(CC)c1ccc(/C=N\Nc2ccnc3cc(Cl)ccc23)cc1. The smallest absolute Gasteiger partial charge is 0.0738 e. The number of hydrazone groups is 1. The molecule has 0 spiro atoms. The third kappa shape index (κ3) is 4.09. The summed E-state index contributed by atoms with van der Waals surface area (Å²) < 4.78 is 0. The Hall–Kier alpha value is -2.59. The number of hydrogen-bond acceptors (Lipinski definition) is 4.